The van der Waals surface area contributed by atoms with Crippen molar-refractivity contribution >= 4 is 17.6 Å². The van der Waals surface area contributed by atoms with Gasteiger partial charge in [0.1, 0.15) is 11.9 Å². The number of carbonyl (C=O) groups is 2. The van der Waals surface area contributed by atoms with Crippen molar-refractivity contribution in [1.82, 2.24) is 10.6 Å². The van der Waals surface area contributed by atoms with Gasteiger partial charge < -0.3 is 16.4 Å². The molecule has 7 nitrogen and oxygen atoms in total. The summed E-state index contributed by atoms with van der Waals surface area (Å²) in [5.41, 5.74) is 7.41. The number of amides is 2. The standard InChI is InChI=1S/C18H19N4O3/c19-17(20)14-8-6-12(7-9-14)10-21-18(25)16(22-15(24)11-23)13-4-2-1-3-5-13/h1-9,16H,10-11H2,(H3,19,20)(H,21,25)(H,22,24)/t16-/m1/s1. The molecule has 1 radical (unpaired) electrons. The van der Waals surface area contributed by atoms with Gasteiger partial charge in [0.25, 0.3) is 0 Å². The van der Waals surface area contributed by atoms with Crippen LogP contribution in [0.5, 0.6) is 0 Å². The van der Waals surface area contributed by atoms with E-state index in [-0.39, 0.29) is 12.4 Å². The van der Waals surface area contributed by atoms with Gasteiger partial charge in [0.05, 0.1) is 0 Å². The van der Waals surface area contributed by atoms with Gasteiger partial charge in [0.2, 0.25) is 11.8 Å². The van der Waals surface area contributed by atoms with Crippen LogP contribution in [0.15, 0.2) is 54.6 Å². The SMILES string of the molecule is N=C(N)c1ccc(CNC(=O)[C@H](NC(=O)C[O])c2ccccc2)cc1. The van der Waals surface area contributed by atoms with Crippen LogP contribution in [0.25, 0.3) is 0 Å². The Bertz CT molecular complexity index is 745. The van der Waals surface area contributed by atoms with Crippen LogP contribution >= 0.6 is 0 Å². The van der Waals surface area contributed by atoms with Crippen LogP contribution in [0.2, 0.25) is 0 Å². The Balaban J connectivity index is 2.06. The highest BCUT2D eigenvalue weighted by molar-refractivity contribution is 5.94. The first-order valence-electron chi connectivity index (χ1n) is 7.64. The summed E-state index contributed by atoms with van der Waals surface area (Å²) >= 11 is 0. The molecule has 129 valence electrons. The van der Waals surface area contributed by atoms with E-state index in [1.807, 2.05) is 0 Å². The van der Waals surface area contributed by atoms with Gasteiger partial charge in [0.15, 0.2) is 6.61 Å². The second-order valence-electron chi connectivity index (χ2n) is 5.38. The summed E-state index contributed by atoms with van der Waals surface area (Å²) in [6, 6.07) is 14.7. The highest BCUT2D eigenvalue weighted by atomic mass is 16.3. The number of nitrogens with one attached hydrogen (secondary N) is 3. The molecule has 0 aliphatic rings. The predicted octanol–water partition coefficient (Wildman–Crippen LogP) is 0.875. The normalized spacial score (nSPS) is 11.4. The Morgan fingerprint density at radius 3 is 2.24 bits per heavy atom. The van der Waals surface area contributed by atoms with E-state index in [1.54, 1.807) is 54.6 Å². The highest BCUT2D eigenvalue weighted by Crippen LogP contribution is 2.13. The van der Waals surface area contributed by atoms with Gasteiger partial charge in [-0.3, -0.25) is 15.0 Å². The molecule has 0 aliphatic heterocycles. The minimum atomic E-state index is -0.941. The average molecular weight is 339 g/mol. The summed E-state index contributed by atoms with van der Waals surface area (Å²) in [5, 5.41) is 23.2. The first-order valence-corrected chi connectivity index (χ1v) is 7.64. The predicted molar refractivity (Wildman–Crippen MR) is 92.2 cm³/mol. The number of hydrogen-bond donors (Lipinski definition) is 4. The molecule has 0 bridgehead atoms. The molecule has 1 atom stereocenters. The molecule has 0 aliphatic carbocycles. The van der Waals surface area contributed by atoms with E-state index in [0.29, 0.717) is 11.1 Å². The average Bonchev–Trinajstić information content (AvgIpc) is 2.64. The Morgan fingerprint density at radius 2 is 1.68 bits per heavy atom. The molecule has 0 fully saturated rings. The first-order chi connectivity index (χ1) is 12.0. The minimum absolute atomic E-state index is 0.0277. The molecule has 0 spiro atoms. The fraction of sp³-hybridized carbons (Fsp3) is 0.167. The molecular formula is C18H19N4O3. The van der Waals surface area contributed by atoms with E-state index in [9.17, 15) is 14.7 Å². The van der Waals surface area contributed by atoms with Crippen molar-refractivity contribution in [2.24, 2.45) is 5.73 Å². The molecule has 5 N–H and O–H groups in total. The molecule has 7 heteroatoms. The van der Waals surface area contributed by atoms with Gasteiger partial charge in [-0.05, 0) is 11.1 Å². The number of hydrogen-bond acceptors (Lipinski definition) is 3. The third-order valence-electron chi connectivity index (χ3n) is 3.56. The van der Waals surface area contributed by atoms with Crippen molar-refractivity contribution in [3.05, 3.63) is 71.3 Å². The van der Waals surface area contributed by atoms with E-state index >= 15 is 0 Å². The lowest BCUT2D eigenvalue weighted by molar-refractivity contribution is -0.131. The molecular weight excluding hydrogens is 320 g/mol. The third kappa shape index (κ3) is 5.15. The maximum atomic E-state index is 12.5. The molecule has 0 saturated heterocycles. The number of nitrogen functional groups attached to an aromatic ring is 1. The lowest BCUT2D eigenvalue weighted by atomic mass is 10.1. The van der Waals surface area contributed by atoms with Crippen LogP contribution in [-0.2, 0) is 21.2 Å². The van der Waals surface area contributed by atoms with Gasteiger partial charge in [-0.1, -0.05) is 54.6 Å². The zero-order valence-corrected chi connectivity index (χ0v) is 13.5. The zero-order valence-electron chi connectivity index (χ0n) is 13.5. The number of benzene rings is 2. The number of rotatable bonds is 7. The van der Waals surface area contributed by atoms with Gasteiger partial charge >= 0.3 is 0 Å². The van der Waals surface area contributed by atoms with E-state index in [0.717, 1.165) is 5.56 Å². The van der Waals surface area contributed by atoms with Crippen LogP contribution < -0.4 is 16.4 Å². The van der Waals surface area contributed by atoms with Crippen molar-refractivity contribution < 1.29 is 14.7 Å². The second-order valence-corrected chi connectivity index (χ2v) is 5.38. The first kappa shape index (κ1) is 18.2. The van der Waals surface area contributed by atoms with Gasteiger partial charge in [0, 0.05) is 12.1 Å². The molecule has 0 saturated carbocycles. The van der Waals surface area contributed by atoms with Gasteiger partial charge in [-0.25, -0.2) is 5.11 Å². The Labute approximate surface area is 145 Å². The van der Waals surface area contributed by atoms with E-state index in [2.05, 4.69) is 10.6 Å². The summed E-state index contributed by atoms with van der Waals surface area (Å²) < 4.78 is 0. The minimum Gasteiger partial charge on any atom is -0.384 e. The third-order valence-corrected chi connectivity index (χ3v) is 3.56. The van der Waals surface area contributed by atoms with Gasteiger partial charge in [-0.15, -0.1) is 0 Å². The van der Waals surface area contributed by atoms with Crippen LogP contribution in [0.4, 0.5) is 0 Å². The zero-order chi connectivity index (χ0) is 18.2. The highest BCUT2D eigenvalue weighted by Gasteiger charge is 2.22. The van der Waals surface area contributed by atoms with Crippen LogP contribution in [0.1, 0.15) is 22.7 Å². The van der Waals surface area contributed by atoms with Crippen molar-refractivity contribution in [2.75, 3.05) is 6.61 Å². The Kier molecular flexibility index (Phi) is 6.25. The molecule has 2 amide bonds. The van der Waals surface area contributed by atoms with Crippen molar-refractivity contribution in [1.29, 1.82) is 5.41 Å². The lowest BCUT2D eigenvalue weighted by Gasteiger charge is -2.18. The Hall–Kier alpha value is -3.19. The van der Waals surface area contributed by atoms with Gasteiger partial charge in [-0.2, -0.15) is 0 Å². The van der Waals surface area contributed by atoms with Crippen molar-refractivity contribution in [3.63, 3.8) is 0 Å². The van der Waals surface area contributed by atoms with Crippen LogP contribution in [0, 0.1) is 5.41 Å². The summed E-state index contributed by atoms with van der Waals surface area (Å²) in [6.07, 6.45) is 0. The smallest absolute Gasteiger partial charge is 0.250 e. The van der Waals surface area contributed by atoms with Crippen LogP contribution in [0.3, 0.4) is 0 Å². The van der Waals surface area contributed by atoms with Crippen molar-refractivity contribution in [2.45, 2.75) is 12.6 Å². The lowest BCUT2D eigenvalue weighted by Crippen LogP contribution is -2.41. The largest absolute Gasteiger partial charge is 0.384 e. The summed E-state index contributed by atoms with van der Waals surface area (Å²) in [5.74, 6) is -1.18. The number of amidine groups is 1. The maximum Gasteiger partial charge on any atom is 0.250 e. The Morgan fingerprint density at radius 1 is 1.04 bits per heavy atom. The monoisotopic (exact) mass is 339 g/mol. The van der Waals surface area contributed by atoms with E-state index in [4.69, 9.17) is 11.1 Å². The molecule has 25 heavy (non-hydrogen) atoms. The fourth-order valence-electron chi connectivity index (χ4n) is 2.24. The second kappa shape index (κ2) is 8.60. The van der Waals surface area contributed by atoms with E-state index < -0.39 is 24.5 Å². The molecule has 2 aromatic carbocycles. The molecule has 0 heterocycles. The van der Waals surface area contributed by atoms with Crippen molar-refractivity contribution in [3.8, 4) is 0 Å². The molecule has 0 aromatic heterocycles. The number of carbonyl (C=O) groups excluding carboxylic acids is 2. The molecule has 2 aromatic rings. The fourth-order valence-corrected chi connectivity index (χ4v) is 2.24. The summed E-state index contributed by atoms with van der Waals surface area (Å²) in [4.78, 5) is 23.9. The quantitative estimate of drug-likeness (QED) is 0.441. The number of nitrogens with two attached hydrogens (primary N) is 1. The summed E-state index contributed by atoms with van der Waals surface area (Å²) in [7, 11) is 0. The topological polar surface area (TPSA) is 128 Å². The molecule has 0 unspecified atom stereocenters. The maximum absolute atomic E-state index is 12.5. The van der Waals surface area contributed by atoms with Crippen LogP contribution in [-0.4, -0.2) is 24.3 Å². The summed E-state index contributed by atoms with van der Waals surface area (Å²) in [6.45, 7) is -0.698. The van der Waals surface area contributed by atoms with E-state index in [1.165, 1.54) is 0 Å². The molecule has 2 rings (SSSR count).